The van der Waals surface area contributed by atoms with Crippen LogP contribution in [0.4, 0.5) is 5.69 Å². The second-order valence-corrected chi connectivity index (χ2v) is 8.71. The summed E-state index contributed by atoms with van der Waals surface area (Å²) in [5.74, 6) is 2.42. The third kappa shape index (κ3) is 5.67. The standard InChI is InChI=1S/C26H32N4O3S/c1-3-32-22-12-9-18(16-23(22)33-4-2)13-14-27-26(34)28-19-10-11-21-20(17-19)25(31)30-15-7-5-6-8-24(30)29-21/h9-12,16-17H,3-8,13-15H2,1-2H3,(H2,27,28,34). The van der Waals surface area contributed by atoms with Gasteiger partial charge in [-0.2, -0.15) is 0 Å². The quantitative estimate of drug-likeness (QED) is 0.461. The molecule has 0 saturated carbocycles. The molecule has 7 nitrogen and oxygen atoms in total. The molecule has 4 rings (SSSR count). The Balaban J connectivity index is 1.38. The van der Waals surface area contributed by atoms with Crippen LogP contribution in [0.2, 0.25) is 0 Å². The third-order valence-electron chi connectivity index (χ3n) is 5.88. The molecule has 2 aromatic carbocycles. The number of benzene rings is 2. The van der Waals surface area contributed by atoms with Crippen LogP contribution in [0.25, 0.3) is 10.9 Å². The number of anilines is 1. The Morgan fingerprint density at radius 2 is 1.88 bits per heavy atom. The number of thiocarbonyl (C=S) groups is 1. The summed E-state index contributed by atoms with van der Waals surface area (Å²) in [7, 11) is 0. The predicted octanol–water partition coefficient (Wildman–Crippen LogP) is 4.45. The molecule has 0 saturated heterocycles. The van der Waals surface area contributed by atoms with E-state index >= 15 is 0 Å². The van der Waals surface area contributed by atoms with Crippen molar-refractivity contribution >= 4 is 33.9 Å². The van der Waals surface area contributed by atoms with E-state index in [9.17, 15) is 4.79 Å². The van der Waals surface area contributed by atoms with E-state index < -0.39 is 0 Å². The Hall–Kier alpha value is -3.13. The summed E-state index contributed by atoms with van der Waals surface area (Å²) in [6.07, 6.45) is 4.88. The van der Waals surface area contributed by atoms with Crippen LogP contribution in [0.5, 0.6) is 11.5 Å². The van der Waals surface area contributed by atoms with Crippen molar-refractivity contribution in [3.63, 3.8) is 0 Å². The van der Waals surface area contributed by atoms with Gasteiger partial charge in [0.15, 0.2) is 16.6 Å². The molecule has 8 heteroatoms. The van der Waals surface area contributed by atoms with E-state index in [-0.39, 0.29) is 5.56 Å². The van der Waals surface area contributed by atoms with Gasteiger partial charge in [-0.3, -0.25) is 9.36 Å². The SMILES string of the molecule is CCOc1ccc(CCNC(=S)Nc2ccc3nc4n(c(=O)c3c2)CCCCC4)cc1OCC. The monoisotopic (exact) mass is 480 g/mol. The first kappa shape index (κ1) is 24.0. The van der Waals surface area contributed by atoms with E-state index in [0.717, 1.165) is 72.7 Å². The molecule has 0 bridgehead atoms. The van der Waals surface area contributed by atoms with Crippen molar-refractivity contribution in [1.29, 1.82) is 0 Å². The molecule has 34 heavy (non-hydrogen) atoms. The lowest BCUT2D eigenvalue weighted by atomic mass is 10.1. The molecular weight excluding hydrogens is 448 g/mol. The molecule has 1 aliphatic heterocycles. The highest BCUT2D eigenvalue weighted by Gasteiger charge is 2.14. The van der Waals surface area contributed by atoms with Gasteiger partial charge < -0.3 is 20.1 Å². The van der Waals surface area contributed by atoms with Crippen LogP contribution in [0.15, 0.2) is 41.2 Å². The van der Waals surface area contributed by atoms with E-state index in [1.807, 2.05) is 54.8 Å². The maximum atomic E-state index is 13.1. The number of aromatic nitrogens is 2. The van der Waals surface area contributed by atoms with Crippen LogP contribution in [0, 0.1) is 0 Å². The molecular formula is C26H32N4O3S. The van der Waals surface area contributed by atoms with Crippen LogP contribution in [0.1, 0.15) is 44.5 Å². The van der Waals surface area contributed by atoms with Crippen molar-refractivity contribution in [2.24, 2.45) is 0 Å². The molecule has 1 aromatic heterocycles. The van der Waals surface area contributed by atoms with Crippen molar-refractivity contribution in [1.82, 2.24) is 14.9 Å². The zero-order chi connectivity index (χ0) is 23.9. The average Bonchev–Trinajstić information content (AvgIpc) is 3.07. The summed E-state index contributed by atoms with van der Waals surface area (Å²) in [5.41, 5.74) is 2.68. The summed E-state index contributed by atoms with van der Waals surface area (Å²) in [4.78, 5) is 17.8. The van der Waals surface area contributed by atoms with Crippen molar-refractivity contribution < 1.29 is 9.47 Å². The Kier molecular flexibility index (Phi) is 8.00. The lowest BCUT2D eigenvalue weighted by molar-refractivity contribution is 0.287. The molecule has 0 atom stereocenters. The van der Waals surface area contributed by atoms with Crippen LogP contribution in [0.3, 0.4) is 0 Å². The Morgan fingerprint density at radius 1 is 1.06 bits per heavy atom. The van der Waals surface area contributed by atoms with Crippen LogP contribution in [-0.4, -0.2) is 34.4 Å². The first-order chi connectivity index (χ1) is 16.6. The first-order valence-electron chi connectivity index (χ1n) is 12.1. The van der Waals surface area contributed by atoms with Gasteiger partial charge in [0, 0.05) is 25.2 Å². The van der Waals surface area contributed by atoms with Crippen molar-refractivity contribution in [2.75, 3.05) is 25.1 Å². The number of hydrogen-bond acceptors (Lipinski definition) is 5. The van der Waals surface area contributed by atoms with Gasteiger partial charge in [0.1, 0.15) is 5.82 Å². The Morgan fingerprint density at radius 3 is 2.71 bits per heavy atom. The number of rotatable bonds is 8. The maximum absolute atomic E-state index is 13.1. The Labute approximate surface area is 205 Å². The van der Waals surface area contributed by atoms with E-state index in [2.05, 4.69) is 10.6 Å². The van der Waals surface area contributed by atoms with Crippen molar-refractivity contribution in [2.45, 2.75) is 52.5 Å². The second kappa shape index (κ2) is 11.3. The smallest absolute Gasteiger partial charge is 0.261 e. The second-order valence-electron chi connectivity index (χ2n) is 8.31. The largest absolute Gasteiger partial charge is 0.490 e. The number of fused-ring (bicyclic) bond motifs is 2. The minimum Gasteiger partial charge on any atom is -0.490 e. The highest BCUT2D eigenvalue weighted by molar-refractivity contribution is 7.80. The number of nitrogens with one attached hydrogen (secondary N) is 2. The normalized spacial score (nSPS) is 13.1. The van der Waals surface area contributed by atoms with Gasteiger partial charge in [0.2, 0.25) is 0 Å². The first-order valence-corrected chi connectivity index (χ1v) is 12.5. The van der Waals surface area contributed by atoms with Crippen LogP contribution < -0.4 is 25.7 Å². The van der Waals surface area contributed by atoms with Gasteiger partial charge in [-0.05, 0) is 81.2 Å². The van der Waals surface area contributed by atoms with Gasteiger partial charge >= 0.3 is 0 Å². The third-order valence-corrected chi connectivity index (χ3v) is 6.13. The van der Waals surface area contributed by atoms with E-state index in [4.69, 9.17) is 26.7 Å². The molecule has 0 radical (unpaired) electrons. The van der Waals surface area contributed by atoms with E-state index in [0.29, 0.717) is 30.3 Å². The molecule has 0 spiro atoms. The number of hydrogen-bond donors (Lipinski definition) is 2. The number of aryl methyl sites for hydroxylation is 1. The fourth-order valence-electron chi connectivity index (χ4n) is 4.24. The summed E-state index contributed by atoms with van der Waals surface area (Å²) in [5, 5.41) is 7.57. The minimum atomic E-state index is 0.0324. The molecule has 2 heterocycles. The molecule has 2 N–H and O–H groups in total. The molecule has 0 unspecified atom stereocenters. The van der Waals surface area contributed by atoms with Gasteiger partial charge in [-0.25, -0.2) is 4.98 Å². The fourth-order valence-corrected chi connectivity index (χ4v) is 4.46. The zero-order valence-corrected chi connectivity index (χ0v) is 20.7. The Bertz CT molecular complexity index is 1220. The summed E-state index contributed by atoms with van der Waals surface area (Å²) in [6.45, 7) is 6.51. The lowest BCUT2D eigenvalue weighted by Gasteiger charge is -2.14. The average molecular weight is 481 g/mol. The van der Waals surface area contributed by atoms with Crippen LogP contribution >= 0.6 is 12.2 Å². The van der Waals surface area contributed by atoms with Gasteiger partial charge in [0.05, 0.1) is 24.1 Å². The predicted molar refractivity (Wildman–Crippen MR) is 140 cm³/mol. The molecule has 3 aromatic rings. The van der Waals surface area contributed by atoms with E-state index in [1.165, 1.54) is 0 Å². The zero-order valence-electron chi connectivity index (χ0n) is 19.9. The molecule has 180 valence electrons. The molecule has 0 fully saturated rings. The van der Waals surface area contributed by atoms with Crippen molar-refractivity contribution in [3.05, 3.63) is 58.1 Å². The minimum absolute atomic E-state index is 0.0324. The van der Waals surface area contributed by atoms with Crippen molar-refractivity contribution in [3.8, 4) is 11.5 Å². The lowest BCUT2D eigenvalue weighted by Crippen LogP contribution is -2.30. The number of nitrogens with zero attached hydrogens (tertiary/aromatic N) is 2. The fraction of sp³-hybridized carbons (Fsp3) is 0.423. The van der Waals surface area contributed by atoms with E-state index in [1.54, 1.807) is 0 Å². The summed E-state index contributed by atoms with van der Waals surface area (Å²) >= 11 is 5.48. The molecule has 0 aliphatic carbocycles. The van der Waals surface area contributed by atoms with Gasteiger partial charge in [0.25, 0.3) is 5.56 Å². The highest BCUT2D eigenvalue weighted by atomic mass is 32.1. The summed E-state index contributed by atoms with van der Waals surface area (Å²) in [6, 6.07) is 11.7. The highest BCUT2D eigenvalue weighted by Crippen LogP contribution is 2.28. The molecule has 1 aliphatic rings. The molecule has 0 amide bonds. The van der Waals surface area contributed by atoms with Gasteiger partial charge in [-0.1, -0.05) is 12.5 Å². The maximum Gasteiger partial charge on any atom is 0.261 e. The topological polar surface area (TPSA) is 77.4 Å². The number of ether oxygens (including phenoxy) is 2. The van der Waals surface area contributed by atoms with Gasteiger partial charge in [-0.15, -0.1) is 0 Å². The van der Waals surface area contributed by atoms with Crippen LogP contribution in [-0.2, 0) is 19.4 Å². The summed E-state index contributed by atoms with van der Waals surface area (Å²) < 4.78 is 13.2.